The molecular formula is C17H17ClN4O. The first kappa shape index (κ1) is 14.5. The molecule has 0 saturated carbocycles. The molecule has 1 aromatic carbocycles. The van der Waals surface area contributed by atoms with Gasteiger partial charge in [0.25, 0.3) is 5.56 Å². The fourth-order valence-electron chi connectivity index (χ4n) is 3.23. The number of fused-ring (bicyclic) bond motifs is 2. The molecule has 1 N–H and O–H groups in total. The molecule has 5 nitrogen and oxygen atoms in total. The second-order valence-corrected chi connectivity index (χ2v) is 6.46. The Morgan fingerprint density at radius 1 is 1.30 bits per heavy atom. The van der Waals surface area contributed by atoms with Crippen molar-refractivity contribution >= 4 is 22.5 Å². The standard InChI is InChI=1S/C17H17ClN4O/c1-21-16-10-22(7-6-14(16)17(23)20-21)9-13-5-3-11-2-4-12(18)8-15(11)19-13/h2-5,8H,6-7,9-10H2,1H3,(H,20,23). The number of nitrogens with one attached hydrogen (secondary N) is 1. The largest absolute Gasteiger partial charge is 0.291 e. The van der Waals surface area contributed by atoms with Crippen LogP contribution in [-0.4, -0.2) is 26.2 Å². The first-order valence-electron chi connectivity index (χ1n) is 7.64. The molecule has 1 aliphatic rings. The van der Waals surface area contributed by atoms with Gasteiger partial charge >= 0.3 is 0 Å². The molecule has 3 heterocycles. The van der Waals surface area contributed by atoms with Gasteiger partial charge in [0, 0.05) is 42.7 Å². The number of aromatic amines is 1. The third kappa shape index (κ3) is 2.66. The lowest BCUT2D eigenvalue weighted by Crippen LogP contribution is -2.32. The number of halogens is 1. The number of nitrogens with zero attached hydrogens (tertiary/aromatic N) is 3. The van der Waals surface area contributed by atoms with E-state index in [1.165, 1.54) is 0 Å². The van der Waals surface area contributed by atoms with Gasteiger partial charge in [-0.15, -0.1) is 0 Å². The molecule has 0 unspecified atom stereocenters. The van der Waals surface area contributed by atoms with E-state index in [1.54, 1.807) is 0 Å². The highest BCUT2D eigenvalue weighted by atomic mass is 35.5. The topological polar surface area (TPSA) is 53.9 Å². The summed E-state index contributed by atoms with van der Waals surface area (Å²) in [6, 6.07) is 9.89. The van der Waals surface area contributed by atoms with Crippen LogP contribution < -0.4 is 5.56 Å². The predicted octanol–water partition coefficient (Wildman–Crippen LogP) is 2.47. The highest BCUT2D eigenvalue weighted by molar-refractivity contribution is 6.31. The van der Waals surface area contributed by atoms with Crippen LogP contribution in [0.3, 0.4) is 0 Å². The lowest BCUT2D eigenvalue weighted by atomic mass is 10.1. The van der Waals surface area contributed by atoms with Crippen molar-refractivity contribution < 1.29 is 0 Å². The van der Waals surface area contributed by atoms with Crippen molar-refractivity contribution in [3.05, 3.63) is 62.7 Å². The number of rotatable bonds is 2. The van der Waals surface area contributed by atoms with Crippen LogP contribution in [-0.2, 0) is 26.6 Å². The van der Waals surface area contributed by atoms with Crippen molar-refractivity contribution in [2.24, 2.45) is 7.05 Å². The molecule has 0 radical (unpaired) electrons. The summed E-state index contributed by atoms with van der Waals surface area (Å²) in [6.07, 6.45) is 0.783. The van der Waals surface area contributed by atoms with E-state index >= 15 is 0 Å². The average Bonchev–Trinajstić information content (AvgIpc) is 2.81. The zero-order valence-electron chi connectivity index (χ0n) is 12.8. The van der Waals surface area contributed by atoms with Crippen molar-refractivity contribution in [1.29, 1.82) is 0 Å². The van der Waals surface area contributed by atoms with Crippen molar-refractivity contribution in [2.45, 2.75) is 19.5 Å². The molecule has 4 rings (SSSR count). The zero-order valence-corrected chi connectivity index (χ0v) is 13.6. The van der Waals surface area contributed by atoms with Gasteiger partial charge in [-0.05, 0) is 24.6 Å². The van der Waals surface area contributed by atoms with Gasteiger partial charge in [0.05, 0.1) is 16.9 Å². The summed E-state index contributed by atoms with van der Waals surface area (Å²) in [5.74, 6) is 0. The Morgan fingerprint density at radius 2 is 2.13 bits per heavy atom. The molecule has 0 amide bonds. The average molecular weight is 329 g/mol. The van der Waals surface area contributed by atoms with Crippen molar-refractivity contribution in [2.75, 3.05) is 6.54 Å². The summed E-state index contributed by atoms with van der Waals surface area (Å²) in [5, 5.41) is 4.63. The van der Waals surface area contributed by atoms with Gasteiger partial charge in [0.2, 0.25) is 0 Å². The summed E-state index contributed by atoms with van der Waals surface area (Å²) in [6.45, 7) is 2.40. The maximum Gasteiger partial charge on any atom is 0.267 e. The second-order valence-electron chi connectivity index (χ2n) is 6.03. The lowest BCUT2D eigenvalue weighted by molar-refractivity contribution is 0.236. The van der Waals surface area contributed by atoms with E-state index in [0.29, 0.717) is 5.02 Å². The number of pyridine rings is 1. The Morgan fingerprint density at radius 3 is 3.00 bits per heavy atom. The maximum absolute atomic E-state index is 11.8. The Balaban J connectivity index is 1.59. The molecule has 0 fully saturated rings. The van der Waals surface area contributed by atoms with Gasteiger partial charge in [0.15, 0.2) is 0 Å². The van der Waals surface area contributed by atoms with Crippen LogP contribution in [0.1, 0.15) is 17.0 Å². The van der Waals surface area contributed by atoms with Crippen LogP contribution in [0.25, 0.3) is 10.9 Å². The lowest BCUT2D eigenvalue weighted by Gasteiger charge is -2.26. The van der Waals surface area contributed by atoms with Crippen LogP contribution in [0.4, 0.5) is 0 Å². The quantitative estimate of drug-likeness (QED) is 0.786. The first-order valence-corrected chi connectivity index (χ1v) is 8.02. The zero-order chi connectivity index (χ0) is 16.0. The Bertz CT molecular complexity index is 943. The molecule has 2 aromatic heterocycles. The molecule has 23 heavy (non-hydrogen) atoms. The molecule has 0 bridgehead atoms. The number of hydrogen-bond donors (Lipinski definition) is 1. The van der Waals surface area contributed by atoms with Gasteiger partial charge in [-0.1, -0.05) is 23.7 Å². The van der Waals surface area contributed by atoms with Crippen LogP contribution in [0.5, 0.6) is 0 Å². The van der Waals surface area contributed by atoms with Gasteiger partial charge in [-0.3, -0.25) is 24.5 Å². The summed E-state index contributed by atoms with van der Waals surface area (Å²) < 4.78 is 1.83. The number of H-pyrrole nitrogens is 1. The van der Waals surface area contributed by atoms with Crippen LogP contribution in [0, 0.1) is 0 Å². The normalized spacial score (nSPS) is 15.0. The molecule has 0 aliphatic carbocycles. The first-order chi connectivity index (χ1) is 11.1. The van der Waals surface area contributed by atoms with E-state index in [2.05, 4.69) is 22.1 Å². The summed E-state index contributed by atoms with van der Waals surface area (Å²) in [4.78, 5) is 18.8. The van der Waals surface area contributed by atoms with E-state index < -0.39 is 0 Å². The van der Waals surface area contributed by atoms with Crippen molar-refractivity contribution in [3.8, 4) is 0 Å². The molecular weight excluding hydrogens is 312 g/mol. The highest BCUT2D eigenvalue weighted by Crippen LogP contribution is 2.20. The molecule has 6 heteroatoms. The van der Waals surface area contributed by atoms with Crippen molar-refractivity contribution in [1.82, 2.24) is 19.7 Å². The number of hydrogen-bond acceptors (Lipinski definition) is 3. The van der Waals surface area contributed by atoms with E-state index in [4.69, 9.17) is 16.6 Å². The fraction of sp³-hybridized carbons (Fsp3) is 0.294. The minimum absolute atomic E-state index is 0.0422. The monoisotopic (exact) mass is 328 g/mol. The molecule has 1 aliphatic heterocycles. The maximum atomic E-state index is 11.8. The summed E-state index contributed by atoms with van der Waals surface area (Å²) in [5.41, 5.74) is 3.97. The van der Waals surface area contributed by atoms with E-state index in [-0.39, 0.29) is 5.56 Å². The molecule has 0 atom stereocenters. The van der Waals surface area contributed by atoms with Crippen molar-refractivity contribution in [3.63, 3.8) is 0 Å². The van der Waals surface area contributed by atoms with Gasteiger partial charge < -0.3 is 0 Å². The van der Waals surface area contributed by atoms with Crippen LogP contribution >= 0.6 is 11.6 Å². The molecule has 0 spiro atoms. The third-order valence-electron chi connectivity index (χ3n) is 4.45. The molecule has 0 saturated heterocycles. The number of benzene rings is 1. The summed E-state index contributed by atoms with van der Waals surface area (Å²) >= 11 is 6.05. The van der Waals surface area contributed by atoms with E-state index in [1.807, 2.05) is 29.9 Å². The SMILES string of the molecule is Cn1[nH]c(=O)c2c1CN(Cc1ccc3ccc(Cl)cc3n1)CC2. The van der Waals surface area contributed by atoms with Gasteiger partial charge in [-0.2, -0.15) is 0 Å². The third-order valence-corrected chi connectivity index (χ3v) is 4.68. The minimum Gasteiger partial charge on any atom is -0.291 e. The van der Waals surface area contributed by atoms with Crippen LogP contribution in [0.2, 0.25) is 5.02 Å². The van der Waals surface area contributed by atoms with Gasteiger partial charge in [-0.25, -0.2) is 0 Å². The molecule has 118 valence electrons. The smallest absolute Gasteiger partial charge is 0.267 e. The Labute approximate surface area is 138 Å². The fourth-order valence-corrected chi connectivity index (χ4v) is 3.39. The highest BCUT2D eigenvalue weighted by Gasteiger charge is 2.22. The molecule has 3 aromatic rings. The summed E-state index contributed by atoms with van der Waals surface area (Å²) in [7, 11) is 1.89. The van der Waals surface area contributed by atoms with Crippen LogP contribution in [0.15, 0.2) is 35.1 Å². The second kappa shape index (κ2) is 5.51. The van der Waals surface area contributed by atoms with E-state index in [0.717, 1.165) is 53.9 Å². The Hall–Kier alpha value is -2.11. The van der Waals surface area contributed by atoms with E-state index in [9.17, 15) is 4.79 Å². The predicted molar refractivity (Wildman–Crippen MR) is 90.6 cm³/mol. The number of aryl methyl sites for hydroxylation is 1. The van der Waals surface area contributed by atoms with Gasteiger partial charge in [0.1, 0.15) is 0 Å². The minimum atomic E-state index is 0.0422. The Kier molecular flexibility index (Phi) is 3.47. The number of aromatic nitrogens is 3.